The summed E-state index contributed by atoms with van der Waals surface area (Å²) in [6, 6.07) is 5.00. The third-order valence-electron chi connectivity index (χ3n) is 4.65. The molecule has 26 heavy (non-hydrogen) atoms. The summed E-state index contributed by atoms with van der Waals surface area (Å²) < 4.78 is 38.6. The van der Waals surface area contributed by atoms with Gasteiger partial charge in [-0.1, -0.05) is 12.1 Å². The van der Waals surface area contributed by atoms with Gasteiger partial charge >= 0.3 is 6.18 Å². The molecular weight excluding hydrogens is 363 g/mol. The Balaban J connectivity index is 1.78. The molecule has 140 valence electrons. The van der Waals surface area contributed by atoms with Crippen LogP contribution in [-0.2, 0) is 6.18 Å². The van der Waals surface area contributed by atoms with Gasteiger partial charge in [-0.15, -0.1) is 11.3 Å². The third-order valence-corrected chi connectivity index (χ3v) is 5.54. The molecule has 2 heterocycles. The number of carbonyl (C=O) groups excluding carboxylic acids is 1. The average Bonchev–Trinajstić information content (AvgIpc) is 3.10. The summed E-state index contributed by atoms with van der Waals surface area (Å²) in [5.74, 6) is 0.0686. The van der Waals surface area contributed by atoms with Crippen molar-refractivity contribution >= 4 is 17.2 Å². The van der Waals surface area contributed by atoms with E-state index in [1.807, 2.05) is 6.92 Å². The van der Waals surface area contributed by atoms with E-state index in [4.69, 9.17) is 5.73 Å². The zero-order chi connectivity index (χ0) is 18.9. The van der Waals surface area contributed by atoms with Crippen LogP contribution in [-0.4, -0.2) is 34.9 Å². The molecule has 1 amide bonds. The van der Waals surface area contributed by atoms with Gasteiger partial charge in [0.2, 0.25) is 0 Å². The van der Waals surface area contributed by atoms with Gasteiger partial charge in [0.15, 0.2) is 0 Å². The molecule has 2 atom stereocenters. The van der Waals surface area contributed by atoms with E-state index in [9.17, 15) is 18.0 Å². The van der Waals surface area contributed by atoms with E-state index in [-0.39, 0.29) is 23.6 Å². The molecule has 1 aromatic carbocycles. The fourth-order valence-corrected chi connectivity index (χ4v) is 3.91. The summed E-state index contributed by atoms with van der Waals surface area (Å²) in [4.78, 5) is 18.7. The summed E-state index contributed by atoms with van der Waals surface area (Å²) in [5.41, 5.74) is 5.85. The van der Waals surface area contributed by atoms with Gasteiger partial charge in [-0.2, -0.15) is 13.2 Å². The molecule has 0 aliphatic carbocycles. The molecule has 2 aromatic rings. The monoisotopic (exact) mass is 383 g/mol. The van der Waals surface area contributed by atoms with Gasteiger partial charge < -0.3 is 10.6 Å². The van der Waals surface area contributed by atoms with Gasteiger partial charge in [-0.25, -0.2) is 4.98 Å². The van der Waals surface area contributed by atoms with Gasteiger partial charge in [0.05, 0.1) is 5.56 Å². The van der Waals surface area contributed by atoms with Crippen molar-refractivity contribution in [1.29, 1.82) is 0 Å². The number of aromatic nitrogens is 1. The molecule has 0 bridgehead atoms. The number of rotatable bonds is 3. The Morgan fingerprint density at radius 3 is 2.88 bits per heavy atom. The lowest BCUT2D eigenvalue weighted by Crippen LogP contribution is -2.45. The molecule has 0 radical (unpaired) electrons. The maximum Gasteiger partial charge on any atom is 0.416 e. The Kier molecular flexibility index (Phi) is 5.34. The van der Waals surface area contributed by atoms with Gasteiger partial charge in [0.25, 0.3) is 5.91 Å². The van der Waals surface area contributed by atoms with Gasteiger partial charge in [-0.3, -0.25) is 4.79 Å². The maximum absolute atomic E-state index is 12.9. The van der Waals surface area contributed by atoms with Crippen LogP contribution in [0.1, 0.15) is 35.8 Å². The van der Waals surface area contributed by atoms with Crippen molar-refractivity contribution in [2.75, 3.05) is 13.1 Å². The fourth-order valence-electron chi connectivity index (χ4n) is 3.12. The molecule has 8 heteroatoms. The number of piperidine rings is 1. The minimum absolute atomic E-state index is 0.0155. The molecule has 1 fully saturated rings. The molecule has 4 nitrogen and oxygen atoms in total. The number of alkyl halides is 3. The van der Waals surface area contributed by atoms with Crippen LogP contribution >= 0.6 is 11.3 Å². The molecule has 1 aromatic heterocycles. The van der Waals surface area contributed by atoms with Crippen LogP contribution in [0, 0.1) is 5.92 Å². The van der Waals surface area contributed by atoms with E-state index >= 15 is 0 Å². The first kappa shape index (κ1) is 18.8. The second-order valence-electron chi connectivity index (χ2n) is 6.63. The first-order chi connectivity index (χ1) is 12.3. The number of nitrogens with zero attached hydrogens (tertiary/aromatic N) is 2. The molecular formula is C18H20F3N3OS. The van der Waals surface area contributed by atoms with Gasteiger partial charge in [0, 0.05) is 30.1 Å². The summed E-state index contributed by atoms with van der Waals surface area (Å²) in [6.45, 7) is 3.18. The molecule has 0 saturated carbocycles. The van der Waals surface area contributed by atoms with Crippen molar-refractivity contribution < 1.29 is 18.0 Å². The lowest BCUT2D eigenvalue weighted by molar-refractivity contribution is -0.137. The second-order valence-corrected chi connectivity index (χ2v) is 7.49. The standard InChI is InChI=1S/C18H20F3N3OS/c1-11(22)13-5-3-7-24(9-13)17(25)15-10-26-16(23-15)12-4-2-6-14(8-12)18(19,20)21/h2,4,6,8,10-11,13H,3,5,7,9,22H2,1H3. The Morgan fingerprint density at radius 1 is 1.42 bits per heavy atom. The van der Waals surface area contributed by atoms with Crippen LogP contribution in [0.4, 0.5) is 13.2 Å². The zero-order valence-electron chi connectivity index (χ0n) is 14.3. The Morgan fingerprint density at radius 2 is 2.19 bits per heavy atom. The Labute approximate surface area is 153 Å². The van der Waals surface area contributed by atoms with E-state index in [1.165, 1.54) is 17.4 Å². The molecule has 1 saturated heterocycles. The van der Waals surface area contributed by atoms with Crippen molar-refractivity contribution in [3.05, 3.63) is 40.9 Å². The number of thiazole rings is 1. The minimum Gasteiger partial charge on any atom is -0.337 e. The quantitative estimate of drug-likeness (QED) is 0.871. The van der Waals surface area contributed by atoms with Crippen molar-refractivity contribution in [2.45, 2.75) is 32.0 Å². The van der Waals surface area contributed by atoms with Crippen LogP contribution in [0.5, 0.6) is 0 Å². The molecule has 1 aliphatic heterocycles. The van der Waals surface area contributed by atoms with Crippen LogP contribution in [0.25, 0.3) is 10.6 Å². The lowest BCUT2D eigenvalue weighted by atomic mass is 9.92. The number of hydrogen-bond acceptors (Lipinski definition) is 4. The van der Waals surface area contributed by atoms with Crippen molar-refractivity contribution in [2.24, 2.45) is 11.7 Å². The van der Waals surface area contributed by atoms with E-state index < -0.39 is 11.7 Å². The molecule has 2 N–H and O–H groups in total. The van der Waals surface area contributed by atoms with Gasteiger partial charge in [-0.05, 0) is 37.8 Å². The smallest absolute Gasteiger partial charge is 0.337 e. The topological polar surface area (TPSA) is 59.2 Å². The van der Waals surface area contributed by atoms with E-state index in [2.05, 4.69) is 4.98 Å². The molecule has 2 unspecified atom stereocenters. The highest BCUT2D eigenvalue weighted by Gasteiger charge is 2.31. The Bertz CT molecular complexity index is 788. The average molecular weight is 383 g/mol. The predicted molar refractivity (Wildman–Crippen MR) is 94.8 cm³/mol. The van der Waals surface area contributed by atoms with E-state index in [1.54, 1.807) is 16.3 Å². The predicted octanol–water partition coefficient (Wildman–Crippen LogP) is 4.03. The molecule has 0 spiro atoms. The maximum atomic E-state index is 12.9. The van der Waals surface area contributed by atoms with Gasteiger partial charge in [0.1, 0.15) is 10.7 Å². The van der Waals surface area contributed by atoms with Crippen molar-refractivity contribution in [3.8, 4) is 10.6 Å². The summed E-state index contributed by atoms with van der Waals surface area (Å²) in [6.07, 6.45) is -2.52. The van der Waals surface area contributed by atoms with Crippen LogP contribution in [0.15, 0.2) is 29.6 Å². The number of nitrogens with two attached hydrogens (primary N) is 1. The van der Waals surface area contributed by atoms with Crippen molar-refractivity contribution in [3.63, 3.8) is 0 Å². The van der Waals surface area contributed by atoms with Crippen LogP contribution < -0.4 is 5.73 Å². The highest BCUT2D eigenvalue weighted by atomic mass is 32.1. The van der Waals surface area contributed by atoms with Crippen LogP contribution in [0.3, 0.4) is 0 Å². The SMILES string of the molecule is CC(N)C1CCCN(C(=O)c2csc(-c3cccc(C(F)(F)F)c3)n2)C1. The first-order valence-electron chi connectivity index (χ1n) is 8.43. The number of benzene rings is 1. The van der Waals surface area contributed by atoms with E-state index in [0.717, 1.165) is 25.0 Å². The fraction of sp³-hybridized carbons (Fsp3) is 0.444. The first-order valence-corrected chi connectivity index (χ1v) is 9.31. The number of likely N-dealkylation sites (tertiary alicyclic amines) is 1. The second kappa shape index (κ2) is 7.36. The normalized spacial score (nSPS) is 19.4. The third kappa shape index (κ3) is 4.07. The number of halogens is 3. The molecule has 1 aliphatic rings. The number of amides is 1. The lowest BCUT2D eigenvalue weighted by Gasteiger charge is -2.34. The minimum atomic E-state index is -4.41. The zero-order valence-corrected chi connectivity index (χ0v) is 15.1. The Hall–Kier alpha value is -1.93. The van der Waals surface area contributed by atoms with Crippen molar-refractivity contribution in [1.82, 2.24) is 9.88 Å². The van der Waals surface area contributed by atoms with E-state index in [0.29, 0.717) is 23.7 Å². The highest BCUT2D eigenvalue weighted by molar-refractivity contribution is 7.13. The highest BCUT2D eigenvalue weighted by Crippen LogP contribution is 2.33. The number of carbonyl (C=O) groups is 1. The summed E-state index contributed by atoms with van der Waals surface area (Å²) >= 11 is 1.17. The number of hydrogen-bond donors (Lipinski definition) is 1. The molecule has 3 rings (SSSR count). The summed E-state index contributed by atoms with van der Waals surface area (Å²) in [7, 11) is 0. The van der Waals surface area contributed by atoms with Crippen LogP contribution in [0.2, 0.25) is 0 Å². The summed E-state index contributed by atoms with van der Waals surface area (Å²) in [5, 5.41) is 2.01. The largest absolute Gasteiger partial charge is 0.416 e.